The van der Waals surface area contributed by atoms with Crippen LogP contribution < -0.4 is 11.1 Å². The first kappa shape index (κ1) is 14.2. The van der Waals surface area contributed by atoms with Crippen molar-refractivity contribution in [3.63, 3.8) is 0 Å². The largest absolute Gasteiger partial charge is 0.396 e. The van der Waals surface area contributed by atoms with Gasteiger partial charge in [0.15, 0.2) is 5.78 Å². The van der Waals surface area contributed by atoms with Gasteiger partial charge in [0.1, 0.15) is 5.00 Å². The number of nitrogens with two attached hydrogens (primary N) is 1. The Balaban J connectivity index is 3.00. The van der Waals surface area contributed by atoms with Crippen LogP contribution in [0.15, 0.2) is 4.90 Å². The SMILES string of the molecule is CCC(=O)c1sc(NCC(F)F)c(SC)c1N. The third-order valence-corrected chi connectivity index (χ3v) is 4.26. The Labute approximate surface area is 107 Å². The average Bonchev–Trinajstić information content (AvgIpc) is 2.62. The van der Waals surface area contributed by atoms with Gasteiger partial charge in [-0.25, -0.2) is 8.78 Å². The standard InChI is InChI=1S/C10H14F2N2OS2/c1-3-5(15)8-7(13)9(16-2)10(17-8)14-4-6(11)12/h6,14H,3-4,13H2,1-2H3. The van der Waals surface area contributed by atoms with E-state index >= 15 is 0 Å². The summed E-state index contributed by atoms with van der Waals surface area (Å²) in [5, 5.41) is 3.17. The smallest absolute Gasteiger partial charge is 0.255 e. The van der Waals surface area contributed by atoms with Crippen molar-refractivity contribution < 1.29 is 13.6 Å². The highest BCUT2D eigenvalue weighted by atomic mass is 32.2. The van der Waals surface area contributed by atoms with Gasteiger partial charge in [0.2, 0.25) is 0 Å². The van der Waals surface area contributed by atoms with Crippen LogP contribution >= 0.6 is 23.1 Å². The first-order chi connectivity index (χ1) is 8.01. The number of rotatable bonds is 6. The molecule has 0 radical (unpaired) electrons. The van der Waals surface area contributed by atoms with Gasteiger partial charge in [0.05, 0.1) is 22.0 Å². The predicted octanol–water partition coefficient (Wildman–Crippen LogP) is 3.32. The Bertz CT molecular complexity index is 407. The first-order valence-electron chi connectivity index (χ1n) is 5.02. The van der Waals surface area contributed by atoms with Crippen molar-refractivity contribution in [2.24, 2.45) is 0 Å². The van der Waals surface area contributed by atoms with E-state index in [1.807, 2.05) is 0 Å². The third kappa shape index (κ3) is 3.32. The molecule has 0 saturated carbocycles. The van der Waals surface area contributed by atoms with Crippen LogP contribution in [0.5, 0.6) is 0 Å². The number of nitrogens with one attached hydrogen (secondary N) is 1. The van der Waals surface area contributed by atoms with Gasteiger partial charge in [-0.15, -0.1) is 23.1 Å². The number of thiophene rings is 1. The molecule has 0 bridgehead atoms. The fourth-order valence-electron chi connectivity index (χ4n) is 1.29. The first-order valence-corrected chi connectivity index (χ1v) is 7.06. The van der Waals surface area contributed by atoms with Crippen molar-refractivity contribution in [1.82, 2.24) is 0 Å². The van der Waals surface area contributed by atoms with E-state index in [0.29, 0.717) is 26.9 Å². The number of anilines is 2. The second kappa shape index (κ2) is 6.20. The molecule has 3 N–H and O–H groups in total. The summed E-state index contributed by atoms with van der Waals surface area (Å²) in [6, 6.07) is 0. The number of carbonyl (C=O) groups excluding carboxylic acids is 1. The minimum atomic E-state index is -2.43. The normalized spacial score (nSPS) is 10.9. The molecule has 96 valence electrons. The summed E-state index contributed by atoms with van der Waals surface area (Å²) in [4.78, 5) is 12.7. The zero-order valence-corrected chi connectivity index (χ0v) is 11.2. The Hall–Kier alpha value is -0.820. The molecule has 7 heteroatoms. The molecular weight excluding hydrogens is 266 g/mol. The molecule has 0 atom stereocenters. The zero-order valence-electron chi connectivity index (χ0n) is 9.55. The van der Waals surface area contributed by atoms with E-state index < -0.39 is 13.0 Å². The topological polar surface area (TPSA) is 55.1 Å². The van der Waals surface area contributed by atoms with Crippen LogP contribution in [0.25, 0.3) is 0 Å². The van der Waals surface area contributed by atoms with Crippen LogP contribution in [0, 0.1) is 0 Å². The van der Waals surface area contributed by atoms with Crippen LogP contribution in [-0.2, 0) is 0 Å². The molecule has 1 aromatic heterocycles. The molecular formula is C10H14F2N2OS2. The second-order valence-electron chi connectivity index (χ2n) is 3.26. The Morgan fingerprint density at radius 1 is 1.59 bits per heavy atom. The monoisotopic (exact) mass is 280 g/mol. The summed E-state index contributed by atoms with van der Waals surface area (Å²) in [6.45, 7) is 1.31. The molecule has 0 unspecified atom stereocenters. The summed E-state index contributed by atoms with van der Waals surface area (Å²) in [5.41, 5.74) is 6.23. The predicted molar refractivity (Wildman–Crippen MR) is 69.6 cm³/mol. The van der Waals surface area contributed by atoms with Gasteiger partial charge in [-0.1, -0.05) is 6.92 Å². The maximum Gasteiger partial charge on any atom is 0.255 e. The number of Topliss-reactive ketones (excluding diaryl/α,β-unsaturated/α-hetero) is 1. The number of halogens is 2. The summed E-state index contributed by atoms with van der Waals surface area (Å²) < 4.78 is 24.3. The molecule has 1 rings (SSSR count). The molecule has 0 amide bonds. The number of hydrogen-bond donors (Lipinski definition) is 2. The van der Waals surface area contributed by atoms with Crippen LogP contribution in [0.4, 0.5) is 19.5 Å². The number of carbonyl (C=O) groups is 1. The molecule has 3 nitrogen and oxygen atoms in total. The zero-order chi connectivity index (χ0) is 13.0. The molecule has 0 fully saturated rings. The Morgan fingerprint density at radius 2 is 2.24 bits per heavy atom. The molecule has 0 saturated heterocycles. The van der Waals surface area contributed by atoms with E-state index in [4.69, 9.17) is 5.73 Å². The number of alkyl halides is 2. The molecule has 1 aromatic rings. The Morgan fingerprint density at radius 3 is 2.71 bits per heavy atom. The highest BCUT2D eigenvalue weighted by molar-refractivity contribution is 7.99. The lowest BCUT2D eigenvalue weighted by atomic mass is 10.2. The lowest BCUT2D eigenvalue weighted by molar-refractivity contribution is 0.0992. The number of thioether (sulfide) groups is 1. The van der Waals surface area contributed by atoms with Crippen LogP contribution in [0.3, 0.4) is 0 Å². The lowest BCUT2D eigenvalue weighted by Gasteiger charge is -2.04. The van der Waals surface area contributed by atoms with Gasteiger partial charge in [-0.2, -0.15) is 0 Å². The molecule has 0 aromatic carbocycles. The van der Waals surface area contributed by atoms with E-state index in [-0.39, 0.29) is 5.78 Å². The number of nitrogen functional groups attached to an aromatic ring is 1. The van der Waals surface area contributed by atoms with Crippen LogP contribution in [0.2, 0.25) is 0 Å². The molecule has 17 heavy (non-hydrogen) atoms. The van der Waals surface area contributed by atoms with Gasteiger partial charge in [0, 0.05) is 6.42 Å². The highest BCUT2D eigenvalue weighted by Crippen LogP contribution is 2.42. The molecule has 0 aliphatic carbocycles. The van der Waals surface area contributed by atoms with Gasteiger partial charge >= 0.3 is 0 Å². The van der Waals surface area contributed by atoms with Crippen molar-refractivity contribution in [1.29, 1.82) is 0 Å². The second-order valence-corrected chi connectivity index (χ2v) is 5.09. The summed E-state index contributed by atoms with van der Waals surface area (Å²) in [6.07, 6.45) is -0.280. The lowest BCUT2D eigenvalue weighted by Crippen LogP contribution is -2.09. The maximum absolute atomic E-state index is 12.1. The molecule has 1 heterocycles. The minimum absolute atomic E-state index is 0.0621. The summed E-state index contributed by atoms with van der Waals surface area (Å²) in [7, 11) is 0. The van der Waals surface area contributed by atoms with Crippen molar-refractivity contribution in [2.75, 3.05) is 23.9 Å². The van der Waals surface area contributed by atoms with Gasteiger partial charge < -0.3 is 11.1 Å². The van der Waals surface area contributed by atoms with E-state index in [9.17, 15) is 13.6 Å². The summed E-state index contributed by atoms with van der Waals surface area (Å²) >= 11 is 2.49. The molecule has 0 spiro atoms. The third-order valence-electron chi connectivity index (χ3n) is 2.10. The van der Waals surface area contributed by atoms with Gasteiger partial charge in [-0.3, -0.25) is 4.79 Å². The fourth-order valence-corrected chi connectivity index (χ4v) is 3.34. The summed E-state index contributed by atoms with van der Waals surface area (Å²) in [5.74, 6) is -0.0621. The number of hydrogen-bond acceptors (Lipinski definition) is 5. The molecule has 0 aliphatic rings. The average molecular weight is 280 g/mol. The van der Waals surface area contributed by atoms with Crippen molar-refractivity contribution in [3.05, 3.63) is 4.88 Å². The van der Waals surface area contributed by atoms with Crippen LogP contribution in [-0.4, -0.2) is 25.0 Å². The van der Waals surface area contributed by atoms with E-state index in [2.05, 4.69) is 5.32 Å². The maximum atomic E-state index is 12.1. The molecule has 0 aliphatic heterocycles. The fraction of sp³-hybridized carbons (Fsp3) is 0.500. The van der Waals surface area contributed by atoms with Gasteiger partial charge in [0.25, 0.3) is 6.43 Å². The van der Waals surface area contributed by atoms with Crippen LogP contribution in [0.1, 0.15) is 23.0 Å². The van der Waals surface area contributed by atoms with E-state index in [1.165, 1.54) is 11.8 Å². The van der Waals surface area contributed by atoms with Crippen molar-refractivity contribution in [2.45, 2.75) is 24.7 Å². The van der Waals surface area contributed by atoms with Gasteiger partial charge in [-0.05, 0) is 6.26 Å². The van der Waals surface area contributed by atoms with Crippen molar-refractivity contribution >= 4 is 39.6 Å². The Kier molecular flexibility index (Phi) is 5.20. The minimum Gasteiger partial charge on any atom is -0.396 e. The van der Waals surface area contributed by atoms with E-state index in [0.717, 1.165) is 11.3 Å². The number of ketones is 1. The highest BCUT2D eigenvalue weighted by Gasteiger charge is 2.19. The van der Waals surface area contributed by atoms with Crippen molar-refractivity contribution in [3.8, 4) is 0 Å². The van der Waals surface area contributed by atoms with E-state index in [1.54, 1.807) is 13.2 Å². The quantitative estimate of drug-likeness (QED) is 0.620.